The average Bonchev–Trinajstić information content (AvgIpc) is 2.76. The first-order valence-corrected chi connectivity index (χ1v) is 12.1. The van der Waals surface area contributed by atoms with Crippen molar-refractivity contribution in [1.29, 1.82) is 0 Å². The summed E-state index contributed by atoms with van der Waals surface area (Å²) in [5, 5.41) is 20.5. The monoisotopic (exact) mass is 456 g/mol. The minimum Gasteiger partial charge on any atom is -0.508 e. The Balaban J connectivity index is 1.33. The Kier molecular flexibility index (Phi) is 5.80. The molecule has 4 fully saturated rings. The zero-order valence-electron chi connectivity index (χ0n) is 18.7. The number of halogens is 3. The van der Waals surface area contributed by atoms with Gasteiger partial charge in [-0.05, 0) is 109 Å². The molecule has 33 heavy (non-hydrogen) atoms. The minimum atomic E-state index is -4.41. The molecule has 4 bridgehead atoms. The molecule has 0 heterocycles. The zero-order chi connectivity index (χ0) is 23.2. The van der Waals surface area contributed by atoms with E-state index in [-0.39, 0.29) is 12.0 Å². The molecule has 2 nitrogen and oxygen atoms in total. The predicted octanol–water partition coefficient (Wildman–Crippen LogP) is 6.89. The number of alkyl halides is 3. The van der Waals surface area contributed by atoms with Crippen molar-refractivity contribution < 1.29 is 23.4 Å². The van der Waals surface area contributed by atoms with Gasteiger partial charge in [0.1, 0.15) is 5.75 Å². The second-order valence-corrected chi connectivity index (χ2v) is 10.6. The third kappa shape index (κ3) is 4.44. The van der Waals surface area contributed by atoms with E-state index in [0.29, 0.717) is 29.7 Å². The Labute approximate surface area is 193 Å². The normalized spacial score (nSPS) is 29.0. The number of aromatic hydroxyl groups is 1. The molecule has 0 atom stereocenters. The summed E-state index contributed by atoms with van der Waals surface area (Å²) in [6, 6.07) is 11.0. The second-order valence-electron chi connectivity index (χ2n) is 10.6. The van der Waals surface area contributed by atoms with Gasteiger partial charge in [-0.2, -0.15) is 13.2 Å². The third-order valence-electron chi connectivity index (χ3n) is 8.23. The molecule has 6 rings (SSSR count). The van der Waals surface area contributed by atoms with Gasteiger partial charge < -0.3 is 10.2 Å². The quantitative estimate of drug-likeness (QED) is 0.497. The summed E-state index contributed by atoms with van der Waals surface area (Å²) in [6.45, 7) is -0.310. The van der Waals surface area contributed by atoms with Crippen LogP contribution in [0.3, 0.4) is 0 Å². The van der Waals surface area contributed by atoms with E-state index < -0.39 is 11.7 Å². The zero-order valence-corrected chi connectivity index (χ0v) is 18.7. The van der Waals surface area contributed by atoms with Crippen LogP contribution in [0.2, 0.25) is 0 Å². The summed E-state index contributed by atoms with van der Waals surface area (Å²) in [5.41, 5.74) is 2.52. The van der Waals surface area contributed by atoms with E-state index in [1.807, 2.05) is 18.2 Å². The first kappa shape index (κ1) is 22.5. The van der Waals surface area contributed by atoms with Gasteiger partial charge in [0.15, 0.2) is 0 Å². The van der Waals surface area contributed by atoms with E-state index in [1.165, 1.54) is 44.6 Å². The smallest absolute Gasteiger partial charge is 0.416 e. The molecule has 0 aromatic heterocycles. The molecule has 0 aliphatic heterocycles. The number of phenolic OH excluding ortho intramolecular Hbond substituents is 1. The molecule has 4 aliphatic carbocycles. The van der Waals surface area contributed by atoms with Crippen LogP contribution in [0, 0.1) is 17.8 Å². The Hall–Kier alpha value is -2.27. The molecule has 4 saturated carbocycles. The Morgan fingerprint density at radius 1 is 0.970 bits per heavy atom. The van der Waals surface area contributed by atoms with Gasteiger partial charge in [-0.15, -0.1) is 0 Å². The lowest BCUT2D eigenvalue weighted by atomic mass is 9.48. The number of allylic oxidation sites excluding steroid dienone is 1. The van der Waals surface area contributed by atoms with Crippen LogP contribution in [-0.4, -0.2) is 16.8 Å². The molecule has 4 aliphatic rings. The van der Waals surface area contributed by atoms with E-state index in [1.54, 1.807) is 6.07 Å². The highest BCUT2D eigenvalue weighted by Crippen LogP contribution is 2.61. The fraction of sp³-hybridized carbons (Fsp3) is 0.500. The molecule has 0 spiro atoms. The van der Waals surface area contributed by atoms with Crippen molar-refractivity contribution >= 4 is 5.57 Å². The van der Waals surface area contributed by atoms with Crippen LogP contribution >= 0.6 is 0 Å². The van der Waals surface area contributed by atoms with Crippen molar-refractivity contribution in [2.45, 2.75) is 63.0 Å². The maximum atomic E-state index is 13.0. The molecule has 0 radical (unpaired) electrons. The van der Waals surface area contributed by atoms with E-state index in [9.17, 15) is 23.4 Å². The average molecular weight is 457 g/mol. The molecule has 0 saturated heterocycles. The number of rotatable bonds is 6. The fourth-order valence-corrected chi connectivity index (χ4v) is 7.19. The summed E-state index contributed by atoms with van der Waals surface area (Å²) in [4.78, 5) is 0. The van der Waals surface area contributed by atoms with Gasteiger partial charge in [0.2, 0.25) is 0 Å². The lowest BCUT2D eigenvalue weighted by molar-refractivity contribution is -0.137. The van der Waals surface area contributed by atoms with Crippen molar-refractivity contribution in [3.63, 3.8) is 0 Å². The van der Waals surface area contributed by atoms with Crippen LogP contribution in [0.15, 0.2) is 48.5 Å². The van der Waals surface area contributed by atoms with Crippen LogP contribution in [0.1, 0.15) is 67.2 Å². The predicted molar refractivity (Wildman–Crippen MR) is 123 cm³/mol. The van der Waals surface area contributed by atoms with Crippen molar-refractivity contribution in [3.8, 4) is 5.75 Å². The van der Waals surface area contributed by atoms with Crippen molar-refractivity contribution in [3.05, 3.63) is 70.8 Å². The summed E-state index contributed by atoms with van der Waals surface area (Å²) < 4.78 is 39.1. The number of phenols is 1. The number of benzene rings is 2. The van der Waals surface area contributed by atoms with Gasteiger partial charge >= 0.3 is 6.18 Å². The summed E-state index contributed by atoms with van der Waals surface area (Å²) in [5.74, 6) is 2.78. The Bertz CT molecular complexity index is 1020. The Morgan fingerprint density at radius 2 is 1.64 bits per heavy atom. The minimum absolute atomic E-state index is 0.110. The van der Waals surface area contributed by atoms with Gasteiger partial charge in [-0.25, -0.2) is 0 Å². The van der Waals surface area contributed by atoms with Gasteiger partial charge in [0.25, 0.3) is 0 Å². The first-order chi connectivity index (χ1) is 15.8. The molecule has 2 aromatic carbocycles. The number of hydrogen-bond acceptors (Lipinski definition) is 2. The van der Waals surface area contributed by atoms with Gasteiger partial charge in [-0.1, -0.05) is 30.3 Å². The first-order valence-electron chi connectivity index (χ1n) is 12.1. The molecule has 0 unspecified atom stereocenters. The largest absolute Gasteiger partial charge is 0.508 e. The molecule has 2 aromatic rings. The number of hydrogen-bond donors (Lipinski definition) is 2. The molecular formula is C28H31F3O2. The van der Waals surface area contributed by atoms with Crippen molar-refractivity contribution in [1.82, 2.24) is 0 Å². The van der Waals surface area contributed by atoms with E-state index >= 15 is 0 Å². The number of aryl methyl sites for hydroxylation is 1. The van der Waals surface area contributed by atoms with E-state index in [4.69, 9.17) is 0 Å². The Morgan fingerprint density at radius 3 is 2.24 bits per heavy atom. The SMILES string of the molecule is OCC(=CCCc1ccc(O)c(C23CC4CC(CC(C4)C2)C3)c1)c1cccc(C(F)(F)F)c1. The maximum absolute atomic E-state index is 13.0. The van der Waals surface area contributed by atoms with Crippen LogP contribution in [0.25, 0.3) is 5.57 Å². The van der Waals surface area contributed by atoms with E-state index in [2.05, 4.69) is 6.07 Å². The lowest BCUT2D eigenvalue weighted by Crippen LogP contribution is -2.48. The van der Waals surface area contributed by atoms with Crippen molar-refractivity contribution in [2.75, 3.05) is 6.61 Å². The summed E-state index contributed by atoms with van der Waals surface area (Å²) in [7, 11) is 0. The highest BCUT2D eigenvalue weighted by atomic mass is 19.4. The maximum Gasteiger partial charge on any atom is 0.416 e. The molecule has 0 amide bonds. The van der Waals surface area contributed by atoms with Crippen LogP contribution in [0.5, 0.6) is 5.75 Å². The second kappa shape index (κ2) is 8.50. The molecule has 2 N–H and O–H groups in total. The summed E-state index contributed by atoms with van der Waals surface area (Å²) in [6.07, 6.45) is 6.33. The fourth-order valence-electron chi connectivity index (χ4n) is 7.19. The topological polar surface area (TPSA) is 40.5 Å². The van der Waals surface area contributed by atoms with Crippen molar-refractivity contribution in [2.24, 2.45) is 17.8 Å². The summed E-state index contributed by atoms with van der Waals surface area (Å²) >= 11 is 0. The molecular weight excluding hydrogens is 425 g/mol. The lowest BCUT2D eigenvalue weighted by Gasteiger charge is -2.57. The van der Waals surface area contributed by atoms with Crippen LogP contribution < -0.4 is 0 Å². The highest BCUT2D eigenvalue weighted by molar-refractivity contribution is 5.66. The third-order valence-corrected chi connectivity index (χ3v) is 8.23. The van der Waals surface area contributed by atoms with Gasteiger partial charge in [-0.3, -0.25) is 0 Å². The molecule has 5 heteroatoms. The highest BCUT2D eigenvalue weighted by Gasteiger charge is 2.52. The van der Waals surface area contributed by atoms with E-state index in [0.717, 1.165) is 41.0 Å². The number of aliphatic hydroxyl groups is 1. The number of aliphatic hydroxyl groups excluding tert-OH is 1. The molecule has 176 valence electrons. The van der Waals surface area contributed by atoms with Crippen LogP contribution in [0.4, 0.5) is 13.2 Å². The standard InChI is InChI=1S/C28H31F3O2/c29-28(30,31)24-6-2-4-22(13-24)23(17-32)5-1-3-18-7-8-26(33)25(12-18)27-14-19-9-20(15-27)11-21(10-19)16-27/h2,4-8,12-13,19-21,32-33H,1,3,9-11,14-17H2. The van der Waals surface area contributed by atoms with Gasteiger partial charge in [0, 0.05) is 5.56 Å². The van der Waals surface area contributed by atoms with Gasteiger partial charge in [0.05, 0.1) is 12.2 Å². The van der Waals surface area contributed by atoms with Crippen LogP contribution in [-0.2, 0) is 18.0 Å².